The maximum Gasteiger partial charge on any atom is 0.338 e. The van der Waals surface area contributed by atoms with Gasteiger partial charge in [-0.05, 0) is 30.4 Å². The van der Waals surface area contributed by atoms with Gasteiger partial charge in [0.1, 0.15) is 6.26 Å². The summed E-state index contributed by atoms with van der Waals surface area (Å²) in [5.41, 5.74) is 3.50. The molecule has 1 aliphatic carbocycles. The van der Waals surface area contributed by atoms with Crippen LogP contribution in [-0.4, -0.2) is 17.0 Å². The van der Waals surface area contributed by atoms with Crippen molar-refractivity contribution in [2.45, 2.75) is 26.3 Å². The molecule has 0 radical (unpaired) electrons. The molecule has 1 aromatic heterocycles. The molecule has 0 fully saturated rings. The molecule has 2 aromatic rings. The highest BCUT2D eigenvalue weighted by Crippen LogP contribution is 2.36. The molecular weight excluding hydrogens is 282 g/mol. The van der Waals surface area contributed by atoms with E-state index in [2.05, 4.69) is 30.4 Å². The van der Waals surface area contributed by atoms with Crippen LogP contribution in [0.3, 0.4) is 0 Å². The second kappa shape index (κ2) is 5.33. The number of furan rings is 1. The third-order valence-electron chi connectivity index (χ3n) is 4.10. The molecule has 0 spiro atoms. The molecule has 114 valence electrons. The van der Waals surface area contributed by atoms with Gasteiger partial charge in [-0.15, -0.1) is 0 Å². The molecule has 2 unspecified atom stereocenters. The average molecular weight is 299 g/mol. The van der Waals surface area contributed by atoms with Crippen LogP contribution in [0.1, 0.15) is 50.6 Å². The first-order valence-electron chi connectivity index (χ1n) is 7.18. The minimum atomic E-state index is -1.11. The molecule has 0 aliphatic heterocycles. The number of aryl methyl sites for hydroxylation is 1. The Kier molecular flexibility index (Phi) is 3.48. The molecule has 0 saturated heterocycles. The summed E-state index contributed by atoms with van der Waals surface area (Å²) in [5, 5.41) is 11.8. The molecule has 3 rings (SSSR count). The van der Waals surface area contributed by atoms with E-state index in [4.69, 9.17) is 9.52 Å². The third-order valence-corrected chi connectivity index (χ3v) is 4.10. The standard InChI is InChI=1S/C17H17NO4/c1-9-3-4-11-6-10(2)15(13(11)5-9)18-16(19)14-7-12(8-22-14)17(20)21/h3-5,7-8,10,15H,6H2,1-2H3,(H,18,19)(H,20,21). The molecule has 1 heterocycles. The number of hydrogen-bond donors (Lipinski definition) is 2. The van der Waals surface area contributed by atoms with E-state index >= 15 is 0 Å². The van der Waals surface area contributed by atoms with E-state index in [1.807, 2.05) is 6.92 Å². The van der Waals surface area contributed by atoms with Crippen molar-refractivity contribution < 1.29 is 19.1 Å². The zero-order chi connectivity index (χ0) is 15.9. The Labute approximate surface area is 127 Å². The van der Waals surface area contributed by atoms with Gasteiger partial charge in [0.25, 0.3) is 5.91 Å². The summed E-state index contributed by atoms with van der Waals surface area (Å²) in [6.07, 6.45) is 1.99. The number of amides is 1. The lowest BCUT2D eigenvalue weighted by atomic mass is 10.0. The molecule has 5 nitrogen and oxygen atoms in total. The second-order valence-electron chi connectivity index (χ2n) is 5.84. The highest BCUT2D eigenvalue weighted by Gasteiger charge is 2.31. The van der Waals surface area contributed by atoms with Gasteiger partial charge in [0.05, 0.1) is 11.6 Å². The van der Waals surface area contributed by atoms with Crippen LogP contribution in [0.5, 0.6) is 0 Å². The Morgan fingerprint density at radius 2 is 2.09 bits per heavy atom. The Hall–Kier alpha value is -2.56. The van der Waals surface area contributed by atoms with Gasteiger partial charge in [0.15, 0.2) is 5.76 Å². The molecule has 22 heavy (non-hydrogen) atoms. The van der Waals surface area contributed by atoms with E-state index in [0.29, 0.717) is 0 Å². The van der Waals surface area contributed by atoms with Crippen molar-refractivity contribution >= 4 is 11.9 Å². The quantitative estimate of drug-likeness (QED) is 0.913. The van der Waals surface area contributed by atoms with Crippen molar-refractivity contribution in [1.82, 2.24) is 5.32 Å². The van der Waals surface area contributed by atoms with Crippen LogP contribution >= 0.6 is 0 Å². The first-order chi connectivity index (χ1) is 10.5. The van der Waals surface area contributed by atoms with Gasteiger partial charge < -0.3 is 14.8 Å². The summed E-state index contributed by atoms with van der Waals surface area (Å²) in [6, 6.07) is 7.42. The predicted molar refractivity (Wildman–Crippen MR) is 79.9 cm³/mol. The maximum atomic E-state index is 12.3. The third kappa shape index (κ3) is 2.50. The first-order valence-corrected chi connectivity index (χ1v) is 7.18. The maximum absolute atomic E-state index is 12.3. The van der Waals surface area contributed by atoms with Crippen LogP contribution in [0.15, 0.2) is 34.9 Å². The Morgan fingerprint density at radius 3 is 2.77 bits per heavy atom. The van der Waals surface area contributed by atoms with Gasteiger partial charge in [0, 0.05) is 6.07 Å². The molecule has 2 N–H and O–H groups in total. The van der Waals surface area contributed by atoms with Crippen LogP contribution in [0, 0.1) is 12.8 Å². The molecular formula is C17H17NO4. The van der Waals surface area contributed by atoms with Crippen molar-refractivity contribution in [1.29, 1.82) is 0 Å². The Balaban J connectivity index is 1.82. The summed E-state index contributed by atoms with van der Waals surface area (Å²) >= 11 is 0. The Bertz CT molecular complexity index is 747. The number of rotatable bonds is 3. The van der Waals surface area contributed by atoms with Gasteiger partial charge in [-0.2, -0.15) is 0 Å². The average Bonchev–Trinajstić information content (AvgIpc) is 3.06. The van der Waals surface area contributed by atoms with Crippen molar-refractivity contribution in [3.05, 3.63) is 58.5 Å². The molecule has 0 saturated carbocycles. The fraction of sp³-hybridized carbons (Fsp3) is 0.294. The molecule has 1 aromatic carbocycles. The summed E-state index contributed by atoms with van der Waals surface area (Å²) in [4.78, 5) is 23.1. The van der Waals surface area contributed by atoms with Crippen LogP contribution in [-0.2, 0) is 6.42 Å². The number of carbonyl (C=O) groups is 2. The second-order valence-corrected chi connectivity index (χ2v) is 5.84. The van der Waals surface area contributed by atoms with Crippen LogP contribution in [0.25, 0.3) is 0 Å². The molecule has 2 atom stereocenters. The highest BCUT2D eigenvalue weighted by molar-refractivity contribution is 5.95. The van der Waals surface area contributed by atoms with Gasteiger partial charge in [-0.3, -0.25) is 4.79 Å². The molecule has 5 heteroatoms. The first kappa shape index (κ1) is 14.4. The lowest BCUT2D eigenvalue weighted by Gasteiger charge is -2.18. The van der Waals surface area contributed by atoms with E-state index in [0.717, 1.165) is 23.8 Å². The molecule has 1 amide bonds. The number of nitrogens with one attached hydrogen (secondary N) is 1. The van der Waals surface area contributed by atoms with E-state index < -0.39 is 11.9 Å². The Morgan fingerprint density at radius 1 is 1.32 bits per heavy atom. The summed E-state index contributed by atoms with van der Waals surface area (Å²) in [5.74, 6) is -1.20. The number of aromatic carboxylic acids is 1. The largest absolute Gasteiger partial charge is 0.478 e. The minimum absolute atomic E-state index is 0.0192. The SMILES string of the molecule is Cc1ccc2c(c1)C(NC(=O)c1cc(C(=O)O)co1)C(C)C2. The van der Waals surface area contributed by atoms with Gasteiger partial charge in [-0.25, -0.2) is 4.79 Å². The van der Waals surface area contributed by atoms with Crippen molar-refractivity contribution in [3.8, 4) is 0 Å². The lowest BCUT2D eigenvalue weighted by molar-refractivity contribution is 0.0695. The minimum Gasteiger partial charge on any atom is -0.478 e. The fourth-order valence-corrected chi connectivity index (χ4v) is 2.96. The monoisotopic (exact) mass is 299 g/mol. The van der Waals surface area contributed by atoms with E-state index in [1.54, 1.807) is 0 Å². The number of carboxylic acids is 1. The van der Waals surface area contributed by atoms with Crippen LogP contribution < -0.4 is 5.32 Å². The van der Waals surface area contributed by atoms with Gasteiger partial charge >= 0.3 is 5.97 Å². The van der Waals surface area contributed by atoms with E-state index in [-0.39, 0.29) is 23.3 Å². The molecule has 0 bridgehead atoms. The summed E-state index contributed by atoms with van der Waals surface area (Å²) in [6.45, 7) is 4.11. The summed E-state index contributed by atoms with van der Waals surface area (Å²) < 4.78 is 5.05. The van der Waals surface area contributed by atoms with Crippen molar-refractivity contribution in [3.63, 3.8) is 0 Å². The number of benzene rings is 1. The summed E-state index contributed by atoms with van der Waals surface area (Å²) in [7, 11) is 0. The zero-order valence-electron chi connectivity index (χ0n) is 12.4. The number of carbonyl (C=O) groups excluding carboxylic acids is 1. The van der Waals surface area contributed by atoms with Gasteiger partial charge in [0.2, 0.25) is 0 Å². The van der Waals surface area contributed by atoms with Crippen molar-refractivity contribution in [2.75, 3.05) is 0 Å². The topological polar surface area (TPSA) is 79.5 Å². The normalized spacial score (nSPS) is 19.7. The fourth-order valence-electron chi connectivity index (χ4n) is 2.96. The smallest absolute Gasteiger partial charge is 0.338 e. The molecule has 1 aliphatic rings. The van der Waals surface area contributed by atoms with E-state index in [1.165, 1.54) is 11.6 Å². The van der Waals surface area contributed by atoms with Gasteiger partial charge in [-0.1, -0.05) is 30.7 Å². The predicted octanol–water partition coefficient (Wildman–Crippen LogP) is 2.95. The lowest BCUT2D eigenvalue weighted by Crippen LogP contribution is -2.30. The number of hydrogen-bond acceptors (Lipinski definition) is 3. The number of carboxylic acid groups (broad SMARTS) is 1. The van der Waals surface area contributed by atoms with Crippen molar-refractivity contribution in [2.24, 2.45) is 5.92 Å². The zero-order valence-corrected chi connectivity index (χ0v) is 12.4. The highest BCUT2D eigenvalue weighted by atomic mass is 16.4. The van der Waals surface area contributed by atoms with E-state index in [9.17, 15) is 9.59 Å². The number of fused-ring (bicyclic) bond motifs is 1. The van der Waals surface area contributed by atoms with Crippen LogP contribution in [0.4, 0.5) is 0 Å². The van der Waals surface area contributed by atoms with Crippen LogP contribution in [0.2, 0.25) is 0 Å².